The van der Waals surface area contributed by atoms with Gasteiger partial charge in [0.2, 0.25) is 0 Å². The molecule has 12 heteroatoms. The second-order valence-corrected chi connectivity index (χ2v) is 15.4. The Hall–Kier alpha value is -0.600. The number of aliphatic hydroxyl groups is 2. The van der Waals surface area contributed by atoms with Crippen LogP contribution < -0.4 is 0 Å². The van der Waals surface area contributed by atoms with Gasteiger partial charge >= 0.3 is 20.8 Å². The maximum Gasteiger partial charge on any atom is 0.397 e. The first-order valence-electron chi connectivity index (χ1n) is 14.3. The van der Waals surface area contributed by atoms with Crippen LogP contribution in [0.15, 0.2) is 11.6 Å². The second-order valence-electron chi connectivity index (χ2n) is 13.2. The van der Waals surface area contributed by atoms with E-state index in [0.717, 1.165) is 56.9 Å². The van der Waals surface area contributed by atoms with Crippen LogP contribution >= 0.6 is 0 Å². The van der Waals surface area contributed by atoms with Gasteiger partial charge in [-0.2, -0.15) is 16.8 Å². The lowest BCUT2D eigenvalue weighted by molar-refractivity contribution is -0.0854. The molecular weight excluding hydrogens is 548 g/mol. The molecule has 0 amide bonds. The standard InChI is InChI=1S/C27H46O10S2/c1-17(15-28)5-4-6-18(16-36-38(30,31)32)21-9-10-22-20-8-7-19-13-24(29)25(37-39(33,34)35)14-27(19,3)23(20)11-12-26(21,22)2/h7,17-18,20-25,28-29H,4-6,8-16H2,1-3H3,(H,30,31,32)(H,33,34,35)/t17-,18+,20+,21-,22+,23+,24+,25+,26-,27+/m1/s1. The van der Waals surface area contributed by atoms with Gasteiger partial charge in [-0.05, 0) is 104 Å². The summed E-state index contributed by atoms with van der Waals surface area (Å²) in [6.45, 7) is 6.50. The van der Waals surface area contributed by atoms with Gasteiger partial charge < -0.3 is 10.2 Å². The summed E-state index contributed by atoms with van der Waals surface area (Å²) < 4.78 is 74.2. The van der Waals surface area contributed by atoms with E-state index in [-0.39, 0.29) is 47.7 Å². The van der Waals surface area contributed by atoms with Gasteiger partial charge in [-0.25, -0.2) is 8.37 Å². The van der Waals surface area contributed by atoms with Gasteiger partial charge in [0.05, 0.1) is 12.7 Å². The molecule has 0 saturated heterocycles. The summed E-state index contributed by atoms with van der Waals surface area (Å²) in [6, 6.07) is 0. The maximum atomic E-state index is 11.5. The number of hydrogen-bond acceptors (Lipinski definition) is 8. The summed E-state index contributed by atoms with van der Waals surface area (Å²) in [5, 5.41) is 20.0. The Kier molecular flexibility index (Phi) is 9.31. The first-order valence-corrected chi connectivity index (χ1v) is 17.1. The van der Waals surface area contributed by atoms with Crippen LogP contribution in [0.2, 0.25) is 0 Å². The molecule has 226 valence electrons. The van der Waals surface area contributed by atoms with E-state index in [0.29, 0.717) is 24.7 Å². The number of hydrogen-bond donors (Lipinski definition) is 4. The molecule has 0 unspecified atom stereocenters. The number of rotatable bonds is 11. The molecular formula is C27H46O10S2. The lowest BCUT2D eigenvalue weighted by Crippen LogP contribution is -2.54. The minimum absolute atomic E-state index is 0.0305. The van der Waals surface area contributed by atoms with E-state index in [1.165, 1.54) is 0 Å². The van der Waals surface area contributed by atoms with Crippen LogP contribution in [0.3, 0.4) is 0 Å². The van der Waals surface area contributed by atoms with E-state index in [1.54, 1.807) is 0 Å². The van der Waals surface area contributed by atoms with Gasteiger partial charge in [-0.1, -0.05) is 38.8 Å². The van der Waals surface area contributed by atoms with Crippen LogP contribution in [-0.2, 0) is 29.2 Å². The predicted molar refractivity (Wildman–Crippen MR) is 144 cm³/mol. The average molecular weight is 595 g/mol. The minimum atomic E-state index is -4.69. The minimum Gasteiger partial charge on any atom is -0.396 e. The third-order valence-corrected chi connectivity index (χ3v) is 11.9. The molecule has 10 nitrogen and oxygen atoms in total. The second kappa shape index (κ2) is 11.6. The largest absolute Gasteiger partial charge is 0.397 e. The predicted octanol–water partition coefficient (Wildman–Crippen LogP) is 3.96. The molecule has 4 aliphatic rings. The van der Waals surface area contributed by atoms with Crippen molar-refractivity contribution in [2.45, 2.75) is 97.2 Å². The van der Waals surface area contributed by atoms with Crippen molar-refractivity contribution in [3.05, 3.63) is 11.6 Å². The van der Waals surface area contributed by atoms with Gasteiger partial charge in [0.25, 0.3) is 0 Å². The van der Waals surface area contributed by atoms with Crippen molar-refractivity contribution in [1.29, 1.82) is 0 Å². The molecule has 39 heavy (non-hydrogen) atoms. The van der Waals surface area contributed by atoms with Gasteiger partial charge in [-0.3, -0.25) is 9.11 Å². The molecule has 0 aromatic rings. The highest BCUT2D eigenvalue weighted by molar-refractivity contribution is 7.81. The fraction of sp³-hybridized carbons (Fsp3) is 0.926. The summed E-state index contributed by atoms with van der Waals surface area (Å²) in [5.74, 6) is 1.41. The first kappa shape index (κ1) is 31.3. The fourth-order valence-corrected chi connectivity index (χ4v) is 9.99. The van der Waals surface area contributed by atoms with E-state index >= 15 is 0 Å². The zero-order chi connectivity index (χ0) is 28.8. The van der Waals surface area contributed by atoms with Crippen LogP contribution in [0.25, 0.3) is 0 Å². The van der Waals surface area contributed by atoms with Gasteiger partial charge in [0, 0.05) is 6.61 Å². The molecule has 0 radical (unpaired) electrons. The Labute approximate surface area is 233 Å². The van der Waals surface area contributed by atoms with Crippen LogP contribution in [0.5, 0.6) is 0 Å². The summed E-state index contributed by atoms with van der Waals surface area (Å²) in [7, 11) is -9.24. The normalized spacial score (nSPS) is 40.2. The summed E-state index contributed by atoms with van der Waals surface area (Å²) >= 11 is 0. The molecule has 0 bridgehead atoms. The Morgan fingerprint density at radius 1 is 1.05 bits per heavy atom. The van der Waals surface area contributed by atoms with Gasteiger partial charge in [0.15, 0.2) is 0 Å². The Bertz CT molecular complexity index is 1120. The van der Waals surface area contributed by atoms with Crippen LogP contribution in [0.4, 0.5) is 0 Å². The molecule has 4 N–H and O–H groups in total. The third kappa shape index (κ3) is 6.74. The smallest absolute Gasteiger partial charge is 0.396 e. The van der Waals surface area contributed by atoms with E-state index < -0.39 is 33.0 Å². The van der Waals surface area contributed by atoms with Crippen molar-refractivity contribution in [2.75, 3.05) is 13.2 Å². The van der Waals surface area contributed by atoms with Crippen molar-refractivity contribution < 1.29 is 44.5 Å². The summed E-state index contributed by atoms with van der Waals surface area (Å²) in [6.07, 6.45) is 8.01. The van der Waals surface area contributed by atoms with Crippen LogP contribution in [-0.4, -0.2) is 61.6 Å². The quantitative estimate of drug-likeness (QED) is 0.203. The van der Waals surface area contributed by atoms with E-state index in [1.807, 2.05) is 6.92 Å². The molecule has 3 saturated carbocycles. The zero-order valence-electron chi connectivity index (χ0n) is 23.2. The molecule has 0 aliphatic heterocycles. The number of allylic oxidation sites excluding steroid dienone is 1. The van der Waals surface area contributed by atoms with Gasteiger partial charge in [-0.15, -0.1) is 0 Å². The monoisotopic (exact) mass is 594 g/mol. The molecule has 0 aromatic heterocycles. The van der Waals surface area contributed by atoms with Crippen molar-refractivity contribution in [3.8, 4) is 0 Å². The number of aliphatic hydroxyl groups excluding tert-OH is 2. The van der Waals surface area contributed by atoms with Crippen molar-refractivity contribution in [2.24, 2.45) is 46.3 Å². The highest BCUT2D eigenvalue weighted by Gasteiger charge is 2.60. The topological polar surface area (TPSA) is 168 Å². The Morgan fingerprint density at radius 3 is 2.41 bits per heavy atom. The van der Waals surface area contributed by atoms with Gasteiger partial charge in [0.1, 0.15) is 6.10 Å². The summed E-state index contributed by atoms with van der Waals surface area (Å²) in [5.41, 5.74) is 0.768. The lowest BCUT2D eigenvalue weighted by Gasteiger charge is -2.59. The zero-order valence-corrected chi connectivity index (χ0v) is 24.9. The van der Waals surface area contributed by atoms with E-state index in [9.17, 15) is 36.2 Å². The highest BCUT2D eigenvalue weighted by Crippen LogP contribution is 2.67. The molecule has 3 fully saturated rings. The van der Waals surface area contributed by atoms with Crippen molar-refractivity contribution in [1.82, 2.24) is 0 Å². The Morgan fingerprint density at radius 2 is 1.77 bits per heavy atom. The Balaban J connectivity index is 1.54. The maximum absolute atomic E-state index is 11.5. The SMILES string of the molecule is C[C@@H](CO)CCC[C@@H](COS(=O)(=O)O)[C@H]1CC[C@H]2[C@@H]3CC=C4C[C@H](O)[C@@H](OS(=O)(=O)O)C[C@]4(C)[C@H]3CC[C@]12C. The lowest BCUT2D eigenvalue weighted by atomic mass is 9.46. The highest BCUT2D eigenvalue weighted by atomic mass is 32.3. The van der Waals surface area contributed by atoms with Crippen LogP contribution in [0, 0.1) is 46.3 Å². The molecule has 10 atom stereocenters. The van der Waals surface area contributed by atoms with E-state index in [4.69, 9.17) is 8.37 Å². The molecule has 0 aromatic carbocycles. The van der Waals surface area contributed by atoms with Crippen molar-refractivity contribution in [3.63, 3.8) is 0 Å². The molecule has 0 heterocycles. The fourth-order valence-electron chi connectivity index (χ4n) is 9.13. The molecule has 4 rings (SSSR count). The third-order valence-electron chi connectivity index (χ3n) is 11.0. The molecule has 4 aliphatic carbocycles. The summed E-state index contributed by atoms with van der Waals surface area (Å²) in [4.78, 5) is 0. The first-order chi connectivity index (χ1) is 18.1. The number of fused-ring (bicyclic) bond motifs is 5. The van der Waals surface area contributed by atoms with Crippen LogP contribution in [0.1, 0.15) is 85.0 Å². The van der Waals surface area contributed by atoms with E-state index in [2.05, 4.69) is 19.9 Å². The molecule has 0 spiro atoms. The van der Waals surface area contributed by atoms with Crippen molar-refractivity contribution >= 4 is 20.8 Å². The average Bonchev–Trinajstić information content (AvgIpc) is 3.17.